The van der Waals surface area contributed by atoms with Gasteiger partial charge in [-0.05, 0) is 27.7 Å². The van der Waals surface area contributed by atoms with E-state index in [1.54, 1.807) is 0 Å². The molecule has 3 nitrogen and oxygen atoms in total. The van der Waals surface area contributed by atoms with E-state index >= 15 is 0 Å². The highest BCUT2D eigenvalue weighted by atomic mass is 15.6. The zero-order valence-electron chi connectivity index (χ0n) is 7.78. The van der Waals surface area contributed by atoms with Crippen LogP contribution in [0.3, 0.4) is 0 Å². The molecule has 11 heavy (non-hydrogen) atoms. The van der Waals surface area contributed by atoms with Gasteiger partial charge in [-0.25, -0.2) is 0 Å². The molecule has 1 unspecified atom stereocenters. The van der Waals surface area contributed by atoms with Crippen molar-refractivity contribution in [1.29, 1.82) is 0 Å². The van der Waals surface area contributed by atoms with E-state index < -0.39 is 0 Å². The molecule has 0 saturated heterocycles. The third-order valence-corrected chi connectivity index (χ3v) is 2.09. The molecule has 0 radical (unpaired) electrons. The molecule has 1 aliphatic rings. The molecule has 0 aromatic heterocycles. The summed E-state index contributed by atoms with van der Waals surface area (Å²) in [4.78, 5) is 2.22. The fourth-order valence-electron chi connectivity index (χ4n) is 1.38. The van der Waals surface area contributed by atoms with Gasteiger partial charge < -0.3 is 4.90 Å². The lowest BCUT2D eigenvalue weighted by molar-refractivity contribution is 0.117. The van der Waals surface area contributed by atoms with Gasteiger partial charge in [-0.15, -0.1) is 0 Å². The SMILES string of the molecule is CCN1C=NN(C(C)C)C1C. The number of hydrogen-bond donors (Lipinski definition) is 0. The summed E-state index contributed by atoms with van der Waals surface area (Å²) in [5.74, 6) is 0. The first-order valence-electron chi connectivity index (χ1n) is 4.25. The second-order valence-corrected chi connectivity index (χ2v) is 3.17. The van der Waals surface area contributed by atoms with Gasteiger partial charge in [0.05, 0.1) is 0 Å². The maximum absolute atomic E-state index is 4.30. The Morgan fingerprint density at radius 3 is 2.45 bits per heavy atom. The van der Waals surface area contributed by atoms with Gasteiger partial charge in [0.2, 0.25) is 0 Å². The van der Waals surface area contributed by atoms with Crippen molar-refractivity contribution in [2.75, 3.05) is 6.54 Å². The maximum Gasteiger partial charge on any atom is 0.116 e. The summed E-state index contributed by atoms with van der Waals surface area (Å²) in [6, 6.07) is 0.498. The Bertz CT molecular complexity index is 153. The highest BCUT2D eigenvalue weighted by molar-refractivity contribution is 5.56. The Balaban J connectivity index is 2.56. The predicted octanol–water partition coefficient (Wildman–Crippen LogP) is 1.32. The second kappa shape index (κ2) is 3.11. The van der Waals surface area contributed by atoms with Crippen LogP contribution in [0, 0.1) is 0 Å². The number of hydrazone groups is 1. The van der Waals surface area contributed by atoms with Crippen LogP contribution in [0.5, 0.6) is 0 Å². The minimum Gasteiger partial charge on any atom is -0.340 e. The molecule has 1 rings (SSSR count). The Labute approximate surface area is 68.7 Å². The molecule has 0 N–H and O–H groups in total. The van der Waals surface area contributed by atoms with E-state index in [9.17, 15) is 0 Å². The van der Waals surface area contributed by atoms with E-state index in [1.165, 1.54) is 0 Å². The molecule has 0 aliphatic carbocycles. The van der Waals surface area contributed by atoms with Crippen LogP contribution in [0.1, 0.15) is 27.7 Å². The van der Waals surface area contributed by atoms with Crippen LogP contribution in [-0.4, -0.2) is 35.0 Å². The van der Waals surface area contributed by atoms with Crippen LogP contribution < -0.4 is 0 Å². The standard InChI is InChI=1S/C8H17N3/c1-5-10-6-9-11(7(2)3)8(10)4/h6-8H,5H2,1-4H3. The quantitative estimate of drug-likeness (QED) is 0.599. The van der Waals surface area contributed by atoms with E-state index in [0.717, 1.165) is 6.54 Å². The maximum atomic E-state index is 4.30. The molecule has 0 amide bonds. The molecule has 0 aromatic carbocycles. The summed E-state index contributed by atoms with van der Waals surface area (Å²) in [5, 5.41) is 6.42. The molecule has 1 heterocycles. The van der Waals surface area contributed by atoms with Crippen molar-refractivity contribution in [1.82, 2.24) is 9.91 Å². The first-order chi connectivity index (χ1) is 5.16. The van der Waals surface area contributed by atoms with Gasteiger partial charge in [-0.2, -0.15) is 5.10 Å². The number of nitrogens with zero attached hydrogens (tertiary/aromatic N) is 3. The van der Waals surface area contributed by atoms with Crippen LogP contribution in [0.25, 0.3) is 0 Å². The summed E-state index contributed by atoms with van der Waals surface area (Å²) in [6.45, 7) is 9.68. The van der Waals surface area contributed by atoms with Crippen LogP contribution >= 0.6 is 0 Å². The number of hydrogen-bond acceptors (Lipinski definition) is 3. The van der Waals surface area contributed by atoms with Crippen LogP contribution in [-0.2, 0) is 0 Å². The molecule has 64 valence electrons. The molecular formula is C8H17N3. The predicted molar refractivity (Wildman–Crippen MR) is 47.3 cm³/mol. The smallest absolute Gasteiger partial charge is 0.116 e. The monoisotopic (exact) mass is 155 g/mol. The second-order valence-electron chi connectivity index (χ2n) is 3.17. The van der Waals surface area contributed by atoms with Crippen LogP contribution in [0.4, 0.5) is 0 Å². The zero-order valence-corrected chi connectivity index (χ0v) is 7.78. The Morgan fingerprint density at radius 2 is 2.18 bits per heavy atom. The summed E-state index contributed by atoms with van der Waals surface area (Å²) in [7, 11) is 0. The average molecular weight is 155 g/mol. The molecule has 1 aliphatic heterocycles. The molecule has 0 bridgehead atoms. The highest BCUT2D eigenvalue weighted by Gasteiger charge is 2.23. The lowest BCUT2D eigenvalue weighted by Gasteiger charge is -2.29. The largest absolute Gasteiger partial charge is 0.340 e. The van der Waals surface area contributed by atoms with Gasteiger partial charge in [0.25, 0.3) is 0 Å². The molecule has 0 spiro atoms. The van der Waals surface area contributed by atoms with E-state index in [-0.39, 0.29) is 0 Å². The van der Waals surface area contributed by atoms with Crippen LogP contribution in [0.15, 0.2) is 5.10 Å². The molecule has 0 aromatic rings. The first kappa shape index (κ1) is 8.37. The lowest BCUT2D eigenvalue weighted by atomic mass is 10.3. The lowest BCUT2D eigenvalue weighted by Crippen LogP contribution is -2.40. The van der Waals surface area contributed by atoms with Crippen molar-refractivity contribution in [3.63, 3.8) is 0 Å². The van der Waals surface area contributed by atoms with E-state index in [1.807, 2.05) is 6.34 Å². The average Bonchev–Trinajstić information content (AvgIpc) is 2.30. The third kappa shape index (κ3) is 1.47. The fraction of sp³-hybridized carbons (Fsp3) is 0.875. The highest BCUT2D eigenvalue weighted by Crippen LogP contribution is 2.14. The van der Waals surface area contributed by atoms with Gasteiger partial charge in [-0.1, -0.05) is 0 Å². The van der Waals surface area contributed by atoms with Crippen molar-refractivity contribution in [2.24, 2.45) is 5.10 Å². The first-order valence-corrected chi connectivity index (χ1v) is 4.25. The van der Waals surface area contributed by atoms with Crippen molar-refractivity contribution < 1.29 is 0 Å². The molecular weight excluding hydrogens is 138 g/mol. The van der Waals surface area contributed by atoms with Gasteiger partial charge in [0, 0.05) is 12.6 Å². The van der Waals surface area contributed by atoms with Gasteiger partial charge in [-0.3, -0.25) is 5.01 Å². The van der Waals surface area contributed by atoms with Crippen molar-refractivity contribution in [3.05, 3.63) is 0 Å². The van der Waals surface area contributed by atoms with Gasteiger partial charge in [0.15, 0.2) is 0 Å². The van der Waals surface area contributed by atoms with E-state index in [2.05, 4.69) is 42.7 Å². The molecule has 1 atom stereocenters. The Hall–Kier alpha value is -0.730. The summed E-state index contributed by atoms with van der Waals surface area (Å²) >= 11 is 0. The normalized spacial score (nSPS) is 23.9. The molecule has 0 saturated carbocycles. The minimum atomic E-state index is 0.431. The zero-order chi connectivity index (χ0) is 8.43. The Morgan fingerprint density at radius 1 is 1.55 bits per heavy atom. The fourth-order valence-corrected chi connectivity index (χ4v) is 1.38. The van der Waals surface area contributed by atoms with Crippen molar-refractivity contribution in [3.8, 4) is 0 Å². The number of rotatable bonds is 2. The van der Waals surface area contributed by atoms with Crippen molar-refractivity contribution in [2.45, 2.75) is 39.9 Å². The summed E-state index contributed by atoms with van der Waals surface area (Å²) < 4.78 is 0. The summed E-state index contributed by atoms with van der Waals surface area (Å²) in [5.41, 5.74) is 0. The van der Waals surface area contributed by atoms with E-state index in [0.29, 0.717) is 12.2 Å². The summed E-state index contributed by atoms with van der Waals surface area (Å²) in [6.07, 6.45) is 2.35. The van der Waals surface area contributed by atoms with Gasteiger partial charge in [0.1, 0.15) is 12.5 Å². The minimum absolute atomic E-state index is 0.431. The molecule has 3 heteroatoms. The van der Waals surface area contributed by atoms with Crippen LogP contribution in [0.2, 0.25) is 0 Å². The van der Waals surface area contributed by atoms with Crippen molar-refractivity contribution >= 4 is 6.34 Å². The third-order valence-electron chi connectivity index (χ3n) is 2.09. The topological polar surface area (TPSA) is 18.8 Å². The van der Waals surface area contributed by atoms with E-state index in [4.69, 9.17) is 0 Å². The molecule has 0 fully saturated rings. The Kier molecular flexibility index (Phi) is 2.37. The van der Waals surface area contributed by atoms with Gasteiger partial charge >= 0.3 is 0 Å².